The highest BCUT2D eigenvalue weighted by Crippen LogP contribution is 2.28. The van der Waals surface area contributed by atoms with E-state index in [1.807, 2.05) is 0 Å². The van der Waals surface area contributed by atoms with E-state index in [1.54, 1.807) is 6.92 Å². The number of nitrogens with zero attached hydrogens (tertiary/aromatic N) is 3. The number of hydrogen-bond acceptors (Lipinski definition) is 4. The van der Waals surface area contributed by atoms with Gasteiger partial charge in [0, 0.05) is 6.20 Å². The fourth-order valence-electron chi connectivity index (χ4n) is 1.37. The number of imidazole rings is 1. The molecule has 9 heteroatoms. The maximum atomic E-state index is 12.4. The van der Waals surface area contributed by atoms with Gasteiger partial charge in [0.1, 0.15) is 10.0 Å². The van der Waals surface area contributed by atoms with Gasteiger partial charge in [0.2, 0.25) is 0 Å². The molecule has 2 aromatic rings. The summed E-state index contributed by atoms with van der Waals surface area (Å²) in [5.74, 6) is 0. The van der Waals surface area contributed by atoms with Gasteiger partial charge in [-0.2, -0.15) is 0 Å². The number of rotatable bonds is 2. The average Bonchev–Trinajstić information content (AvgIpc) is 2.53. The minimum atomic E-state index is -3.88. The van der Waals surface area contributed by atoms with Gasteiger partial charge >= 0.3 is 0 Å². The molecule has 0 atom stereocenters. The predicted octanol–water partition coefficient (Wildman–Crippen LogP) is 2.89. The van der Waals surface area contributed by atoms with E-state index in [0.717, 1.165) is 3.97 Å². The first kappa shape index (κ1) is 13.8. The van der Waals surface area contributed by atoms with Crippen molar-refractivity contribution in [1.82, 2.24) is 13.9 Å². The third-order valence-electron chi connectivity index (χ3n) is 2.20. The van der Waals surface area contributed by atoms with Gasteiger partial charge in [-0.1, -0.05) is 23.2 Å². The summed E-state index contributed by atoms with van der Waals surface area (Å²) in [6.07, 6.45) is 1.41. The zero-order valence-corrected chi connectivity index (χ0v) is 12.8. The fraction of sp³-hybridized carbons (Fsp3) is 0.111. The number of halogens is 3. The molecule has 96 valence electrons. The van der Waals surface area contributed by atoms with E-state index >= 15 is 0 Å². The minimum Gasteiger partial charge on any atom is -0.243 e. The van der Waals surface area contributed by atoms with Gasteiger partial charge < -0.3 is 0 Å². The van der Waals surface area contributed by atoms with Gasteiger partial charge in [-0.3, -0.25) is 0 Å². The first-order chi connectivity index (χ1) is 8.35. The van der Waals surface area contributed by atoms with Crippen molar-refractivity contribution in [3.63, 3.8) is 0 Å². The van der Waals surface area contributed by atoms with E-state index in [1.165, 1.54) is 18.3 Å². The van der Waals surface area contributed by atoms with Crippen molar-refractivity contribution in [2.24, 2.45) is 0 Å². The molecule has 18 heavy (non-hydrogen) atoms. The predicted molar refractivity (Wildman–Crippen MR) is 71.5 cm³/mol. The van der Waals surface area contributed by atoms with Crippen LogP contribution in [0.25, 0.3) is 0 Å². The van der Waals surface area contributed by atoms with E-state index in [0.29, 0.717) is 5.69 Å². The number of aromatic nitrogens is 3. The first-order valence-electron chi connectivity index (χ1n) is 4.62. The summed E-state index contributed by atoms with van der Waals surface area (Å²) in [4.78, 5) is 7.47. The third-order valence-corrected chi connectivity index (χ3v) is 5.56. The lowest BCUT2D eigenvalue weighted by Gasteiger charge is -2.09. The normalized spacial score (nSPS) is 11.8. The lowest BCUT2D eigenvalue weighted by atomic mass is 10.5. The summed E-state index contributed by atoms with van der Waals surface area (Å²) < 4.78 is 25.9. The zero-order valence-electron chi connectivity index (χ0n) is 8.93. The lowest BCUT2D eigenvalue weighted by molar-refractivity contribution is 0.584. The molecule has 0 saturated heterocycles. The van der Waals surface area contributed by atoms with Crippen LogP contribution in [-0.2, 0) is 10.0 Å². The highest BCUT2D eigenvalue weighted by molar-refractivity contribution is 9.10. The van der Waals surface area contributed by atoms with Crippen molar-refractivity contribution in [2.75, 3.05) is 0 Å². The molecule has 0 spiro atoms. The van der Waals surface area contributed by atoms with Crippen LogP contribution >= 0.6 is 39.1 Å². The second kappa shape index (κ2) is 4.80. The summed E-state index contributed by atoms with van der Waals surface area (Å²) in [5.41, 5.74) is 0.295. The molecule has 0 aliphatic heterocycles. The molecule has 0 aliphatic carbocycles. The van der Waals surface area contributed by atoms with E-state index < -0.39 is 10.0 Å². The fourth-order valence-corrected chi connectivity index (χ4v) is 4.51. The van der Waals surface area contributed by atoms with Crippen LogP contribution in [0.3, 0.4) is 0 Å². The average molecular weight is 371 g/mol. The first-order valence-corrected chi connectivity index (χ1v) is 7.61. The third kappa shape index (κ3) is 2.16. The SMILES string of the molecule is Cc1c(Cl)nc(Br)n1S(=O)(=O)c1cccnc1Cl. The van der Waals surface area contributed by atoms with E-state index in [9.17, 15) is 8.42 Å². The topological polar surface area (TPSA) is 64.8 Å². The molecule has 0 saturated carbocycles. The van der Waals surface area contributed by atoms with Crippen LogP contribution in [0.1, 0.15) is 5.69 Å². The summed E-state index contributed by atoms with van der Waals surface area (Å²) in [6.45, 7) is 1.54. The van der Waals surface area contributed by atoms with E-state index in [-0.39, 0.29) is 19.9 Å². The van der Waals surface area contributed by atoms with Gasteiger partial charge in [-0.05, 0) is 35.0 Å². The molecule has 0 unspecified atom stereocenters. The van der Waals surface area contributed by atoms with Crippen LogP contribution in [0.15, 0.2) is 28.0 Å². The Morgan fingerprint density at radius 3 is 2.50 bits per heavy atom. The molecule has 0 amide bonds. The molecule has 0 radical (unpaired) electrons. The Kier molecular flexibility index (Phi) is 3.68. The molecule has 2 heterocycles. The summed E-state index contributed by atoms with van der Waals surface area (Å²) in [5, 5.41) is -0.000847. The maximum absolute atomic E-state index is 12.4. The van der Waals surface area contributed by atoms with Gasteiger partial charge in [0.15, 0.2) is 9.89 Å². The Hall–Kier alpha value is -0.630. The van der Waals surface area contributed by atoms with E-state index in [2.05, 4.69) is 25.9 Å². The molecular weight excluding hydrogens is 365 g/mol. The molecule has 0 aromatic carbocycles. The van der Waals surface area contributed by atoms with Crippen molar-refractivity contribution in [3.05, 3.63) is 39.1 Å². The van der Waals surface area contributed by atoms with Gasteiger partial charge in [0.05, 0.1) is 5.69 Å². The Bertz CT molecular complexity index is 715. The van der Waals surface area contributed by atoms with Crippen LogP contribution in [0, 0.1) is 6.92 Å². The van der Waals surface area contributed by atoms with Crippen molar-refractivity contribution in [2.45, 2.75) is 11.8 Å². The quantitative estimate of drug-likeness (QED) is 0.762. The summed E-state index contributed by atoms with van der Waals surface area (Å²) >= 11 is 14.6. The smallest absolute Gasteiger partial charge is 0.243 e. The molecule has 5 nitrogen and oxygen atoms in total. The van der Waals surface area contributed by atoms with Crippen molar-refractivity contribution in [1.29, 1.82) is 0 Å². The number of hydrogen-bond donors (Lipinski definition) is 0. The largest absolute Gasteiger partial charge is 0.273 e. The highest BCUT2D eigenvalue weighted by Gasteiger charge is 2.26. The van der Waals surface area contributed by atoms with Crippen molar-refractivity contribution in [3.8, 4) is 0 Å². The number of pyridine rings is 1. The second-order valence-electron chi connectivity index (χ2n) is 3.32. The molecular formula is C9H6BrCl2N3O2S. The highest BCUT2D eigenvalue weighted by atomic mass is 79.9. The van der Waals surface area contributed by atoms with Crippen LogP contribution in [0.5, 0.6) is 0 Å². The van der Waals surface area contributed by atoms with E-state index in [4.69, 9.17) is 23.2 Å². The van der Waals surface area contributed by atoms with Crippen molar-refractivity contribution >= 4 is 49.2 Å². The summed E-state index contributed by atoms with van der Waals surface area (Å²) in [6, 6.07) is 2.85. The van der Waals surface area contributed by atoms with Gasteiger partial charge in [0.25, 0.3) is 10.0 Å². The lowest BCUT2D eigenvalue weighted by Crippen LogP contribution is -2.15. The van der Waals surface area contributed by atoms with Crippen LogP contribution in [0.2, 0.25) is 10.3 Å². The van der Waals surface area contributed by atoms with Crippen LogP contribution < -0.4 is 0 Å². The summed E-state index contributed by atoms with van der Waals surface area (Å²) in [7, 11) is -3.88. The molecule has 0 fully saturated rings. The van der Waals surface area contributed by atoms with Crippen molar-refractivity contribution < 1.29 is 8.42 Å². The monoisotopic (exact) mass is 369 g/mol. The van der Waals surface area contributed by atoms with Gasteiger partial charge in [-0.15, -0.1) is 0 Å². The Morgan fingerprint density at radius 1 is 1.33 bits per heavy atom. The maximum Gasteiger partial charge on any atom is 0.273 e. The Balaban J connectivity index is 2.74. The minimum absolute atomic E-state index is 0.0879. The Morgan fingerprint density at radius 2 is 2.00 bits per heavy atom. The standard InChI is InChI=1S/C9H6BrCl2N3O2S/c1-5-7(11)14-9(10)15(5)18(16,17)6-3-2-4-13-8(6)12/h2-4H,1H3. The van der Waals surface area contributed by atoms with Gasteiger partial charge in [-0.25, -0.2) is 22.4 Å². The molecule has 0 N–H and O–H groups in total. The molecule has 2 rings (SSSR count). The zero-order chi connectivity index (χ0) is 13.5. The van der Waals surface area contributed by atoms with Crippen LogP contribution in [-0.4, -0.2) is 22.4 Å². The molecule has 0 bridgehead atoms. The second-order valence-corrected chi connectivity index (χ2v) is 6.50. The molecule has 2 aromatic heterocycles. The molecule has 0 aliphatic rings. The Labute approximate surface area is 122 Å². The van der Waals surface area contributed by atoms with Crippen LogP contribution in [0.4, 0.5) is 0 Å².